The Morgan fingerprint density at radius 1 is 1.17 bits per heavy atom. The van der Waals surface area contributed by atoms with E-state index in [-0.39, 0.29) is 0 Å². The van der Waals surface area contributed by atoms with Crippen molar-refractivity contribution < 1.29 is 17.9 Å². The molecule has 0 aliphatic rings. The lowest BCUT2D eigenvalue weighted by Crippen LogP contribution is -2.47. The first-order valence-electron chi connectivity index (χ1n) is 9.38. The highest BCUT2D eigenvalue weighted by molar-refractivity contribution is 7.92. The third-order valence-corrected chi connectivity index (χ3v) is 5.46. The topological polar surface area (TPSA) is 75.7 Å². The van der Waals surface area contributed by atoms with E-state index in [1.54, 1.807) is 49.4 Å². The van der Waals surface area contributed by atoms with E-state index < -0.39 is 22.0 Å². The molecule has 0 fully saturated rings. The van der Waals surface area contributed by atoms with E-state index in [4.69, 9.17) is 4.74 Å². The lowest BCUT2D eigenvalue weighted by Gasteiger charge is -2.30. The predicted octanol–water partition coefficient (Wildman–Crippen LogP) is 4.05. The van der Waals surface area contributed by atoms with Crippen molar-refractivity contribution in [2.45, 2.75) is 33.2 Å². The molecule has 2 aromatic rings. The molecule has 2 aromatic carbocycles. The smallest absolute Gasteiger partial charge is 0.248 e. The Kier molecular flexibility index (Phi) is 7.45. The largest absolute Gasteiger partial charge is 0.490 e. The van der Waals surface area contributed by atoms with Gasteiger partial charge in [-0.25, -0.2) is 8.42 Å². The number of nitrogens with one attached hydrogen (secondary N) is 1. The van der Waals surface area contributed by atoms with E-state index in [1.165, 1.54) is 4.31 Å². The maximum absolute atomic E-state index is 13.0. The van der Waals surface area contributed by atoms with Gasteiger partial charge in [0.2, 0.25) is 15.9 Å². The molecule has 1 atom stereocenters. The minimum Gasteiger partial charge on any atom is -0.490 e. The first-order valence-corrected chi connectivity index (χ1v) is 11.2. The van der Waals surface area contributed by atoms with Crippen LogP contribution in [0.5, 0.6) is 5.75 Å². The predicted molar refractivity (Wildman–Crippen MR) is 118 cm³/mol. The molecule has 0 aliphatic heterocycles. The molecular formula is C22H28N2O4S. The Balaban J connectivity index is 2.29. The summed E-state index contributed by atoms with van der Waals surface area (Å²) in [5, 5.41) is 2.81. The van der Waals surface area contributed by atoms with Crippen molar-refractivity contribution in [1.29, 1.82) is 0 Å². The van der Waals surface area contributed by atoms with Crippen LogP contribution in [0, 0.1) is 13.8 Å². The molecular weight excluding hydrogens is 388 g/mol. The normalized spacial score (nSPS) is 12.1. The summed E-state index contributed by atoms with van der Waals surface area (Å²) in [4.78, 5) is 13.0. The summed E-state index contributed by atoms with van der Waals surface area (Å²) in [5.74, 6) is 0.264. The minimum atomic E-state index is -3.67. The van der Waals surface area contributed by atoms with Gasteiger partial charge in [-0.1, -0.05) is 25.6 Å². The van der Waals surface area contributed by atoms with Crippen LogP contribution in [0.1, 0.15) is 24.5 Å². The fourth-order valence-electron chi connectivity index (χ4n) is 3.15. The van der Waals surface area contributed by atoms with Crippen LogP contribution in [0.4, 0.5) is 11.4 Å². The molecule has 1 N–H and O–H groups in total. The molecule has 29 heavy (non-hydrogen) atoms. The van der Waals surface area contributed by atoms with Gasteiger partial charge < -0.3 is 10.1 Å². The molecule has 6 nitrogen and oxygen atoms in total. The van der Waals surface area contributed by atoms with Crippen LogP contribution in [-0.4, -0.2) is 33.2 Å². The summed E-state index contributed by atoms with van der Waals surface area (Å²) >= 11 is 0. The van der Waals surface area contributed by atoms with Crippen molar-refractivity contribution in [3.8, 4) is 5.75 Å². The SMILES string of the molecule is C=CCOc1ccc(NC(=O)[C@@H](CC)N(c2cc(C)cc(C)c2)S(C)(=O)=O)cc1. The maximum atomic E-state index is 13.0. The van der Waals surface area contributed by atoms with Crippen LogP contribution >= 0.6 is 0 Å². The minimum absolute atomic E-state index is 0.326. The van der Waals surface area contributed by atoms with Crippen molar-refractivity contribution >= 4 is 27.3 Å². The molecule has 7 heteroatoms. The van der Waals surface area contributed by atoms with Gasteiger partial charge in [0.1, 0.15) is 18.4 Å². The van der Waals surface area contributed by atoms with Gasteiger partial charge in [-0.15, -0.1) is 0 Å². The second-order valence-corrected chi connectivity index (χ2v) is 8.80. The molecule has 0 spiro atoms. The average molecular weight is 417 g/mol. The summed E-state index contributed by atoms with van der Waals surface area (Å²) in [6.07, 6.45) is 3.09. The first-order chi connectivity index (χ1) is 13.7. The second-order valence-electron chi connectivity index (χ2n) is 6.94. The number of benzene rings is 2. The summed E-state index contributed by atoms with van der Waals surface area (Å²) in [6.45, 7) is 9.57. The fraction of sp³-hybridized carbons (Fsp3) is 0.318. The van der Waals surface area contributed by atoms with E-state index in [0.717, 1.165) is 17.4 Å². The van der Waals surface area contributed by atoms with Crippen molar-refractivity contribution in [3.05, 3.63) is 66.2 Å². The van der Waals surface area contributed by atoms with Crippen molar-refractivity contribution in [2.75, 3.05) is 22.5 Å². The number of carbonyl (C=O) groups is 1. The number of ether oxygens (including phenoxy) is 1. The van der Waals surface area contributed by atoms with E-state index in [1.807, 2.05) is 19.9 Å². The number of rotatable bonds is 9. The number of hydrogen-bond acceptors (Lipinski definition) is 4. The average Bonchev–Trinajstić information content (AvgIpc) is 2.63. The van der Waals surface area contributed by atoms with E-state index >= 15 is 0 Å². The number of anilines is 2. The van der Waals surface area contributed by atoms with Gasteiger partial charge in [-0.3, -0.25) is 9.10 Å². The van der Waals surface area contributed by atoms with Crippen LogP contribution in [0.15, 0.2) is 55.1 Å². The number of amides is 1. The van der Waals surface area contributed by atoms with Crippen LogP contribution in [0.2, 0.25) is 0 Å². The highest BCUT2D eigenvalue weighted by atomic mass is 32.2. The van der Waals surface area contributed by atoms with Crippen LogP contribution in [0.25, 0.3) is 0 Å². The van der Waals surface area contributed by atoms with Gasteiger partial charge in [-0.2, -0.15) is 0 Å². The zero-order valence-corrected chi connectivity index (χ0v) is 18.1. The van der Waals surface area contributed by atoms with Crippen molar-refractivity contribution in [2.24, 2.45) is 0 Å². The van der Waals surface area contributed by atoms with Crippen molar-refractivity contribution in [1.82, 2.24) is 0 Å². The Morgan fingerprint density at radius 3 is 2.24 bits per heavy atom. The molecule has 1 amide bonds. The molecule has 0 aromatic heterocycles. The second kappa shape index (κ2) is 9.60. The Labute approximate surface area is 173 Å². The first kappa shape index (κ1) is 22.5. The third kappa shape index (κ3) is 6.09. The molecule has 0 bridgehead atoms. The van der Waals surface area contributed by atoms with Gasteiger partial charge in [0.15, 0.2) is 0 Å². The number of carbonyl (C=O) groups excluding carboxylic acids is 1. The zero-order chi connectivity index (χ0) is 21.6. The highest BCUT2D eigenvalue weighted by Crippen LogP contribution is 2.26. The molecule has 156 valence electrons. The number of nitrogens with zero attached hydrogens (tertiary/aromatic N) is 1. The van der Waals surface area contributed by atoms with E-state index in [9.17, 15) is 13.2 Å². The van der Waals surface area contributed by atoms with Gasteiger partial charge in [0.05, 0.1) is 11.9 Å². The molecule has 0 heterocycles. The van der Waals surface area contributed by atoms with E-state index in [0.29, 0.717) is 30.2 Å². The molecule has 2 rings (SSSR count). The van der Waals surface area contributed by atoms with Gasteiger partial charge in [0, 0.05) is 5.69 Å². The molecule has 0 unspecified atom stereocenters. The third-order valence-electron chi connectivity index (χ3n) is 4.28. The summed E-state index contributed by atoms with van der Waals surface area (Å²) in [7, 11) is -3.67. The lowest BCUT2D eigenvalue weighted by molar-refractivity contribution is -0.117. The van der Waals surface area contributed by atoms with Crippen LogP contribution in [0.3, 0.4) is 0 Å². The van der Waals surface area contributed by atoms with E-state index in [2.05, 4.69) is 11.9 Å². The van der Waals surface area contributed by atoms with Gasteiger partial charge in [-0.05, 0) is 67.8 Å². The summed E-state index contributed by atoms with van der Waals surface area (Å²) in [5.41, 5.74) is 2.91. The molecule has 0 saturated heterocycles. The maximum Gasteiger partial charge on any atom is 0.248 e. The van der Waals surface area contributed by atoms with Crippen molar-refractivity contribution in [3.63, 3.8) is 0 Å². The van der Waals surface area contributed by atoms with Gasteiger partial charge in [0.25, 0.3) is 0 Å². The highest BCUT2D eigenvalue weighted by Gasteiger charge is 2.31. The lowest BCUT2D eigenvalue weighted by atomic mass is 10.1. The van der Waals surface area contributed by atoms with Crippen LogP contribution in [-0.2, 0) is 14.8 Å². The Morgan fingerprint density at radius 2 is 1.76 bits per heavy atom. The summed E-state index contributed by atoms with van der Waals surface area (Å²) < 4.78 is 31.8. The zero-order valence-electron chi connectivity index (χ0n) is 17.3. The molecule has 0 saturated carbocycles. The summed E-state index contributed by atoms with van der Waals surface area (Å²) in [6, 6.07) is 11.5. The fourth-order valence-corrected chi connectivity index (χ4v) is 4.35. The molecule has 0 radical (unpaired) electrons. The quantitative estimate of drug-likeness (QED) is 0.626. The van der Waals surface area contributed by atoms with Crippen LogP contribution < -0.4 is 14.4 Å². The number of aryl methyl sites for hydroxylation is 2. The standard InChI is InChI=1S/C22H28N2O4S/c1-6-12-28-20-10-8-18(9-11-20)23-22(25)21(7-2)24(29(5,26)27)19-14-16(3)13-17(4)15-19/h6,8-11,13-15,21H,1,7,12H2,2-5H3,(H,23,25)/t21-/m1/s1. The molecule has 0 aliphatic carbocycles. The van der Waals surface area contributed by atoms with Gasteiger partial charge >= 0.3 is 0 Å². The monoisotopic (exact) mass is 416 g/mol. The Hall–Kier alpha value is -2.80. The number of hydrogen-bond donors (Lipinski definition) is 1. The number of sulfonamides is 1. The Bertz CT molecular complexity index is 949.